The van der Waals surface area contributed by atoms with E-state index >= 15 is 28.8 Å². The molecule has 482 valence electrons. The van der Waals surface area contributed by atoms with Gasteiger partial charge < -0.3 is 28.4 Å². The van der Waals surface area contributed by atoms with E-state index in [9.17, 15) is 21.0 Å². The summed E-state index contributed by atoms with van der Waals surface area (Å²) in [7, 11) is 0. The highest BCUT2D eigenvalue weighted by Crippen LogP contribution is 2.69. The average Bonchev–Trinajstić information content (AvgIpc) is 1.48. The number of carbonyl (C=O) groups is 6. The molecule has 4 aromatic heterocycles. The lowest BCUT2D eigenvalue weighted by Crippen LogP contribution is -2.52. The van der Waals surface area contributed by atoms with E-state index < -0.39 is 103 Å². The monoisotopic (exact) mass is 1380 g/mol. The van der Waals surface area contributed by atoms with Crippen LogP contribution in [0.25, 0.3) is 33.1 Å². The molecule has 0 amide bonds. The summed E-state index contributed by atoms with van der Waals surface area (Å²) in [5.74, 6) is -7.58. The van der Waals surface area contributed by atoms with Crippen LogP contribution in [-0.4, -0.2) is 47.2 Å². The fraction of sp³-hybridized carbons (Fsp3) is 0.117. The first-order valence-electron chi connectivity index (χ1n) is 30.4. The second-order valence-electron chi connectivity index (χ2n) is 22.5. The van der Waals surface area contributed by atoms with E-state index in [1.54, 1.807) is 218 Å². The summed E-state index contributed by atoms with van der Waals surface area (Å²) >= 11 is 3.79. The Labute approximate surface area is 581 Å². The van der Waals surface area contributed by atoms with Crippen molar-refractivity contribution in [3.8, 4) is 34.0 Å². The minimum Gasteiger partial charge on any atom is -0.459 e. The van der Waals surface area contributed by atoms with Crippen molar-refractivity contribution in [1.29, 1.82) is 21.0 Å². The average molecular weight is 1380 g/mol. The summed E-state index contributed by atoms with van der Waals surface area (Å²) in [6, 6.07) is 64.8. The minimum atomic E-state index is -3.08. The highest BCUT2D eigenvalue weighted by molar-refractivity contribution is 7.24. The molecular weight excluding hydrogens is 1330 g/mol. The van der Waals surface area contributed by atoms with E-state index in [0.29, 0.717) is 33.4 Å². The first-order chi connectivity index (χ1) is 48.4. The molecule has 0 N–H and O–H groups in total. The predicted octanol–water partition coefficient (Wildman–Crippen LogP) is 14.5. The van der Waals surface area contributed by atoms with Crippen LogP contribution >= 0.6 is 45.3 Å². The highest BCUT2D eigenvalue weighted by atomic mass is 32.1. The number of hydrogen-bond acceptors (Lipinski definition) is 22. The van der Waals surface area contributed by atoms with Gasteiger partial charge in [0.1, 0.15) is 73.9 Å². The number of benzene rings is 6. The number of aliphatic imine (C=N–C) groups is 2. The molecule has 0 radical (unpaired) electrons. The molecule has 6 aromatic carbocycles. The third kappa shape index (κ3) is 12.0. The van der Waals surface area contributed by atoms with Gasteiger partial charge in [-0.2, -0.15) is 21.0 Å². The highest BCUT2D eigenvalue weighted by Gasteiger charge is 2.72. The third-order valence-electron chi connectivity index (χ3n) is 16.6. The second kappa shape index (κ2) is 28.2. The fourth-order valence-corrected chi connectivity index (χ4v) is 17.0. The first kappa shape index (κ1) is 65.4. The Morgan fingerprint density at radius 2 is 0.556 bits per heavy atom. The number of rotatable bonds is 22. The van der Waals surface area contributed by atoms with Crippen molar-refractivity contribution in [2.45, 2.75) is 55.9 Å². The Balaban J connectivity index is 1.14. The van der Waals surface area contributed by atoms with Crippen molar-refractivity contribution in [3.05, 3.63) is 281 Å². The molecule has 0 fully saturated rings. The van der Waals surface area contributed by atoms with E-state index in [0.717, 1.165) is 45.3 Å². The number of carbonyl (C=O) groups excluding carboxylic acids is 6. The molecule has 0 saturated heterocycles. The Kier molecular flexibility index (Phi) is 18.6. The van der Waals surface area contributed by atoms with Gasteiger partial charge in [0.15, 0.2) is 0 Å². The van der Waals surface area contributed by atoms with E-state index in [2.05, 4.69) is 9.98 Å². The summed E-state index contributed by atoms with van der Waals surface area (Å²) < 4.78 is 38.7. The number of ether oxygens (including phenoxy) is 6. The Morgan fingerprint density at radius 3 is 0.798 bits per heavy atom. The summed E-state index contributed by atoms with van der Waals surface area (Å²) in [6.45, 7) is -2.66. The quantitative estimate of drug-likeness (QED) is 0.0264. The van der Waals surface area contributed by atoms with Gasteiger partial charge in [0, 0.05) is 52.9 Å². The molecule has 10 aromatic rings. The van der Waals surface area contributed by atoms with Crippen molar-refractivity contribution in [2.75, 3.05) is 0 Å². The molecule has 0 spiro atoms. The van der Waals surface area contributed by atoms with Crippen molar-refractivity contribution < 1.29 is 57.2 Å². The van der Waals surface area contributed by atoms with Crippen molar-refractivity contribution in [1.82, 2.24) is 0 Å². The smallest absolute Gasteiger partial charge is 0.333 e. The van der Waals surface area contributed by atoms with Gasteiger partial charge in [0.25, 0.3) is 0 Å². The van der Waals surface area contributed by atoms with Crippen molar-refractivity contribution >= 4 is 126 Å². The van der Waals surface area contributed by atoms with Crippen LogP contribution in [0.2, 0.25) is 0 Å². The summed E-state index contributed by atoms with van der Waals surface area (Å²) in [5.41, 5.74) is -8.11. The maximum Gasteiger partial charge on any atom is 0.333 e. The molecule has 4 heterocycles. The Bertz CT molecular complexity index is 4700. The molecule has 0 atom stereocenters. The first-order valence-corrected chi connectivity index (χ1v) is 33.7. The molecular formula is C77H48N6O12S4. The van der Waals surface area contributed by atoms with Gasteiger partial charge in [-0.15, -0.1) is 45.3 Å². The van der Waals surface area contributed by atoms with Crippen LogP contribution in [0.1, 0.15) is 75.1 Å². The molecule has 18 nitrogen and oxygen atoms in total. The Morgan fingerprint density at radius 1 is 0.313 bits per heavy atom. The van der Waals surface area contributed by atoms with Gasteiger partial charge in [0.05, 0.1) is 9.75 Å². The standard InChI is InChI=1S/C77H48N6O12S4/c78-37-53(38-79)82-61-33-31-57(96-61)55-35-59-63(75(55,69(84)90-41-47-19-7-1-8-20-47)70(85)91-42-48-21-9-2-10-22-48)65-67(98-59)68-66(77(65,73(88)94-45-51-27-15-5-16-28-51)74(89)95-46-52-29-17-6-18-30-52)64-60(99-68)36-56(58-32-34-62(97-58)83-54(39-80)40-81)76(64,71(86)92-43-49-23-11-3-12-24-49)72(87)93-44-50-25-13-4-14-26-50/h1-36H,41-46H2. The van der Waals surface area contributed by atoms with Crippen LogP contribution < -0.4 is 0 Å². The van der Waals surface area contributed by atoms with Gasteiger partial charge in [-0.3, -0.25) is 28.8 Å². The van der Waals surface area contributed by atoms with Crippen LogP contribution in [-0.2, 0) is 113 Å². The van der Waals surface area contributed by atoms with Crippen molar-refractivity contribution in [3.63, 3.8) is 0 Å². The molecule has 0 saturated carbocycles. The van der Waals surface area contributed by atoms with Gasteiger partial charge in [-0.1, -0.05) is 182 Å². The third-order valence-corrected chi connectivity index (χ3v) is 21.1. The minimum absolute atomic E-state index is 0.0753. The number of nitriles is 4. The van der Waals surface area contributed by atoms with E-state index in [1.165, 1.54) is 24.3 Å². The van der Waals surface area contributed by atoms with Crippen LogP contribution in [0.15, 0.2) is 216 Å². The number of thiophene rings is 4. The van der Waals surface area contributed by atoms with Crippen LogP contribution in [0.5, 0.6) is 0 Å². The van der Waals surface area contributed by atoms with Crippen LogP contribution in [0.4, 0.5) is 10.0 Å². The lowest BCUT2D eigenvalue weighted by Gasteiger charge is -2.35. The molecule has 0 bridgehead atoms. The molecule has 0 unspecified atom stereocenters. The SMILES string of the molecule is N#CC(C#N)=Nc1ccc(C2=Cc3sc4c(c3C2(C(=O)OCc2ccccc2)C(=O)OCc2ccccc2)C(C(=O)OCc2ccccc2)(C(=O)OCc2ccccc2)c2c-4sc3c2C(C(=O)OCc2ccccc2)(C(=O)OCc2ccccc2)C(c2ccc(N=C(C#N)C#N)s2)=C3)s1. The molecule has 22 heteroatoms. The normalized spacial score (nSPS) is 13.5. The lowest BCUT2D eigenvalue weighted by atomic mass is 9.66. The number of hydrogen-bond donors (Lipinski definition) is 0. The van der Waals surface area contributed by atoms with Gasteiger partial charge in [-0.05, 0) is 69.8 Å². The number of fused-ring (bicyclic) bond motifs is 7. The molecule has 0 aliphatic heterocycles. The fourth-order valence-electron chi connectivity index (χ4n) is 12.2. The number of esters is 6. The summed E-state index contributed by atoms with van der Waals surface area (Å²) in [4.78, 5) is 110. The van der Waals surface area contributed by atoms with Crippen LogP contribution in [0.3, 0.4) is 0 Å². The van der Waals surface area contributed by atoms with Gasteiger partial charge in [0.2, 0.25) is 27.7 Å². The zero-order valence-electron chi connectivity index (χ0n) is 51.7. The van der Waals surface area contributed by atoms with Crippen molar-refractivity contribution in [2.24, 2.45) is 9.98 Å². The largest absolute Gasteiger partial charge is 0.459 e. The molecule has 13 rings (SSSR count). The van der Waals surface area contributed by atoms with E-state index in [4.69, 9.17) is 28.4 Å². The molecule has 3 aliphatic carbocycles. The zero-order valence-corrected chi connectivity index (χ0v) is 55.0. The Hall–Kier alpha value is -12.3. The maximum atomic E-state index is 17.1. The topological polar surface area (TPSA) is 278 Å². The zero-order chi connectivity index (χ0) is 68.7. The second-order valence-corrected chi connectivity index (χ2v) is 26.7. The molecule has 3 aliphatic rings. The summed E-state index contributed by atoms with van der Waals surface area (Å²) in [6.07, 6.45) is 3.12. The molecule has 99 heavy (non-hydrogen) atoms. The van der Waals surface area contributed by atoms with Gasteiger partial charge in [-0.25, -0.2) is 9.98 Å². The lowest BCUT2D eigenvalue weighted by molar-refractivity contribution is -0.167. The van der Waals surface area contributed by atoms with Crippen LogP contribution in [0, 0.1) is 45.3 Å². The number of nitrogens with zero attached hydrogens (tertiary/aromatic N) is 6. The van der Waals surface area contributed by atoms with E-state index in [-0.39, 0.29) is 72.7 Å². The predicted molar refractivity (Wildman–Crippen MR) is 370 cm³/mol. The maximum absolute atomic E-state index is 17.1. The van der Waals surface area contributed by atoms with E-state index in [1.807, 2.05) is 0 Å². The summed E-state index contributed by atoms with van der Waals surface area (Å²) in [5, 5.41) is 39.7. The van der Waals surface area contributed by atoms with Gasteiger partial charge >= 0.3 is 35.8 Å².